The molecule has 0 aromatic heterocycles. The van der Waals surface area contributed by atoms with Crippen molar-refractivity contribution in [2.45, 2.75) is 19.4 Å². The van der Waals surface area contributed by atoms with Gasteiger partial charge in [0.25, 0.3) is 5.91 Å². The summed E-state index contributed by atoms with van der Waals surface area (Å²) in [5, 5.41) is 5.48. The maximum Gasteiger partial charge on any atom is 0.325 e. The lowest BCUT2D eigenvalue weighted by atomic mass is 9.91. The molecule has 8 heteroatoms. The molecular formula is C23H26N4O4. The summed E-state index contributed by atoms with van der Waals surface area (Å²) >= 11 is 0. The molecule has 2 fully saturated rings. The van der Waals surface area contributed by atoms with Crippen molar-refractivity contribution in [3.05, 3.63) is 59.7 Å². The molecule has 0 bridgehead atoms. The van der Waals surface area contributed by atoms with Gasteiger partial charge in [-0.05, 0) is 43.7 Å². The van der Waals surface area contributed by atoms with Crippen molar-refractivity contribution in [3.63, 3.8) is 0 Å². The first-order chi connectivity index (χ1) is 14.9. The zero-order chi connectivity index (χ0) is 22.0. The summed E-state index contributed by atoms with van der Waals surface area (Å²) < 4.78 is 5.36. The standard InChI is InChI=1S/C23H26N4O4/c1-16-3-5-17(6-4-16)23(2)21(29)27(22(30)25-23)15-20(28)24-18-7-9-19(10-8-18)26-11-13-31-14-12-26/h3-10H,11-15H2,1-2H3,(H,24,28)(H,25,30). The molecule has 2 aliphatic rings. The minimum atomic E-state index is -1.19. The van der Waals surface area contributed by atoms with Crippen molar-refractivity contribution in [3.8, 4) is 0 Å². The van der Waals surface area contributed by atoms with Gasteiger partial charge in [0.05, 0.1) is 13.2 Å². The number of carbonyl (C=O) groups is 3. The van der Waals surface area contributed by atoms with Crippen LogP contribution < -0.4 is 15.5 Å². The van der Waals surface area contributed by atoms with Crippen LogP contribution in [0.25, 0.3) is 0 Å². The van der Waals surface area contributed by atoms with Crippen molar-refractivity contribution in [2.75, 3.05) is 43.1 Å². The average molecular weight is 422 g/mol. The number of ether oxygens (including phenoxy) is 1. The van der Waals surface area contributed by atoms with Gasteiger partial charge in [-0.25, -0.2) is 4.79 Å². The number of urea groups is 1. The molecule has 0 spiro atoms. The molecule has 31 heavy (non-hydrogen) atoms. The van der Waals surface area contributed by atoms with E-state index in [1.165, 1.54) is 0 Å². The van der Waals surface area contributed by atoms with Crippen LogP contribution >= 0.6 is 0 Å². The number of hydrogen-bond acceptors (Lipinski definition) is 5. The van der Waals surface area contributed by atoms with E-state index in [-0.39, 0.29) is 6.54 Å². The second kappa shape index (κ2) is 8.39. The molecule has 0 radical (unpaired) electrons. The summed E-state index contributed by atoms with van der Waals surface area (Å²) in [4.78, 5) is 41.1. The molecule has 1 atom stereocenters. The third-order valence-corrected chi connectivity index (χ3v) is 5.73. The Morgan fingerprint density at radius 3 is 2.35 bits per heavy atom. The Kier molecular flexibility index (Phi) is 5.65. The van der Waals surface area contributed by atoms with E-state index in [1.54, 1.807) is 6.92 Å². The van der Waals surface area contributed by atoms with Crippen molar-refractivity contribution in [1.82, 2.24) is 10.2 Å². The molecule has 2 aromatic carbocycles. The van der Waals surface area contributed by atoms with E-state index in [2.05, 4.69) is 15.5 Å². The lowest BCUT2D eigenvalue weighted by Crippen LogP contribution is -2.42. The molecule has 0 saturated carbocycles. The fraction of sp³-hybridized carbons (Fsp3) is 0.348. The maximum absolute atomic E-state index is 13.0. The molecule has 2 saturated heterocycles. The largest absolute Gasteiger partial charge is 0.378 e. The van der Waals surface area contributed by atoms with E-state index in [9.17, 15) is 14.4 Å². The number of rotatable bonds is 5. The summed E-state index contributed by atoms with van der Waals surface area (Å²) in [6, 6.07) is 14.3. The van der Waals surface area contributed by atoms with Crippen LogP contribution in [0.1, 0.15) is 18.1 Å². The second-order valence-electron chi connectivity index (χ2n) is 8.01. The summed E-state index contributed by atoms with van der Waals surface area (Å²) in [5.41, 5.74) is 2.21. The molecule has 1 unspecified atom stereocenters. The molecule has 4 amide bonds. The zero-order valence-electron chi connectivity index (χ0n) is 17.7. The van der Waals surface area contributed by atoms with E-state index in [1.807, 2.05) is 55.5 Å². The van der Waals surface area contributed by atoms with Gasteiger partial charge in [0, 0.05) is 24.5 Å². The first kappa shape index (κ1) is 20.9. The number of benzene rings is 2. The Morgan fingerprint density at radius 1 is 1.06 bits per heavy atom. The van der Waals surface area contributed by atoms with Gasteiger partial charge >= 0.3 is 6.03 Å². The fourth-order valence-corrected chi connectivity index (χ4v) is 3.84. The molecule has 2 aromatic rings. The van der Waals surface area contributed by atoms with Crippen molar-refractivity contribution in [1.29, 1.82) is 0 Å². The van der Waals surface area contributed by atoms with Crippen molar-refractivity contribution in [2.24, 2.45) is 0 Å². The minimum Gasteiger partial charge on any atom is -0.378 e. The third-order valence-electron chi connectivity index (χ3n) is 5.73. The number of anilines is 2. The van der Waals surface area contributed by atoms with Gasteiger partial charge in [-0.2, -0.15) is 0 Å². The van der Waals surface area contributed by atoms with Crippen LogP contribution in [0.4, 0.5) is 16.2 Å². The first-order valence-corrected chi connectivity index (χ1v) is 10.3. The van der Waals surface area contributed by atoms with Gasteiger partial charge in [-0.1, -0.05) is 29.8 Å². The molecule has 2 heterocycles. The predicted molar refractivity (Wildman–Crippen MR) is 117 cm³/mol. The number of nitrogens with zero attached hydrogens (tertiary/aromatic N) is 2. The number of amides is 4. The Labute approximate surface area is 181 Å². The number of carbonyl (C=O) groups excluding carboxylic acids is 3. The molecule has 8 nitrogen and oxygen atoms in total. The van der Waals surface area contributed by atoms with E-state index in [0.29, 0.717) is 24.5 Å². The minimum absolute atomic E-state index is 0.350. The van der Waals surface area contributed by atoms with Gasteiger partial charge in [-0.3, -0.25) is 14.5 Å². The van der Waals surface area contributed by atoms with E-state index < -0.39 is 23.4 Å². The summed E-state index contributed by atoms with van der Waals surface area (Å²) in [7, 11) is 0. The average Bonchev–Trinajstić information content (AvgIpc) is 2.99. The lowest BCUT2D eigenvalue weighted by Gasteiger charge is -2.28. The maximum atomic E-state index is 13.0. The van der Waals surface area contributed by atoms with Gasteiger partial charge in [0.1, 0.15) is 12.1 Å². The summed E-state index contributed by atoms with van der Waals surface area (Å²) in [6.45, 7) is 6.32. The zero-order valence-corrected chi connectivity index (χ0v) is 17.7. The van der Waals surface area contributed by atoms with E-state index in [0.717, 1.165) is 29.2 Å². The van der Waals surface area contributed by atoms with Crippen LogP contribution in [-0.2, 0) is 19.9 Å². The highest BCUT2D eigenvalue weighted by molar-refractivity contribution is 6.10. The van der Waals surface area contributed by atoms with Gasteiger partial charge in [-0.15, -0.1) is 0 Å². The normalized spacial score (nSPS) is 21.2. The highest BCUT2D eigenvalue weighted by atomic mass is 16.5. The topological polar surface area (TPSA) is 91.0 Å². The third kappa shape index (κ3) is 4.25. The van der Waals surface area contributed by atoms with Crippen molar-refractivity contribution >= 4 is 29.2 Å². The van der Waals surface area contributed by atoms with Gasteiger partial charge < -0.3 is 20.3 Å². The fourth-order valence-electron chi connectivity index (χ4n) is 3.84. The predicted octanol–water partition coefficient (Wildman–Crippen LogP) is 2.24. The van der Waals surface area contributed by atoms with Gasteiger partial charge in [0.2, 0.25) is 5.91 Å². The number of hydrogen-bond donors (Lipinski definition) is 2. The van der Waals surface area contributed by atoms with Crippen LogP contribution in [0, 0.1) is 6.92 Å². The lowest BCUT2D eigenvalue weighted by molar-refractivity contribution is -0.133. The van der Waals surface area contributed by atoms with E-state index >= 15 is 0 Å². The molecule has 4 rings (SSSR count). The van der Waals surface area contributed by atoms with E-state index in [4.69, 9.17) is 4.74 Å². The Hall–Kier alpha value is -3.39. The SMILES string of the molecule is Cc1ccc(C2(C)NC(=O)N(CC(=O)Nc3ccc(N4CCOCC4)cc3)C2=O)cc1. The number of morpholine rings is 1. The van der Waals surface area contributed by atoms with Crippen LogP contribution in [-0.4, -0.2) is 55.6 Å². The van der Waals surface area contributed by atoms with Crippen LogP contribution in [0.15, 0.2) is 48.5 Å². The highest BCUT2D eigenvalue weighted by Crippen LogP contribution is 2.29. The summed E-state index contributed by atoms with van der Waals surface area (Å²) in [6.07, 6.45) is 0. The van der Waals surface area contributed by atoms with Crippen LogP contribution in [0.3, 0.4) is 0 Å². The Bertz CT molecular complexity index is 984. The quantitative estimate of drug-likeness (QED) is 0.722. The second-order valence-corrected chi connectivity index (χ2v) is 8.01. The molecule has 2 aliphatic heterocycles. The number of aryl methyl sites for hydroxylation is 1. The number of imide groups is 1. The monoisotopic (exact) mass is 422 g/mol. The molecule has 162 valence electrons. The Morgan fingerprint density at radius 2 is 1.71 bits per heavy atom. The highest BCUT2D eigenvalue weighted by Gasteiger charge is 2.49. The molecule has 0 aliphatic carbocycles. The van der Waals surface area contributed by atoms with Gasteiger partial charge in [0.15, 0.2) is 0 Å². The Balaban J connectivity index is 1.39. The summed E-state index contributed by atoms with van der Waals surface area (Å²) in [5.74, 6) is -0.880. The van der Waals surface area contributed by atoms with Crippen molar-refractivity contribution < 1.29 is 19.1 Å². The van der Waals surface area contributed by atoms with Crippen LogP contribution in [0.5, 0.6) is 0 Å². The molecule has 2 N–H and O–H groups in total. The van der Waals surface area contributed by atoms with Crippen LogP contribution in [0.2, 0.25) is 0 Å². The smallest absolute Gasteiger partial charge is 0.325 e. The first-order valence-electron chi connectivity index (χ1n) is 10.3. The number of nitrogens with one attached hydrogen (secondary N) is 2. The molecular weight excluding hydrogens is 396 g/mol.